The molecule has 3 atom stereocenters. The van der Waals surface area contributed by atoms with Crippen molar-refractivity contribution in [1.29, 1.82) is 0 Å². The third-order valence-electron chi connectivity index (χ3n) is 7.13. The topological polar surface area (TPSA) is 59.8 Å². The maximum atomic E-state index is 12.5. The van der Waals surface area contributed by atoms with Gasteiger partial charge in [0.25, 0.3) is 0 Å². The lowest BCUT2D eigenvalue weighted by Crippen LogP contribution is -2.27. The number of Topliss-reactive ketones (excluding diaryl/α,β-unsaturated/α-hetero) is 2. The van der Waals surface area contributed by atoms with Crippen LogP contribution < -0.4 is 4.74 Å². The number of fused-ring (bicyclic) bond motifs is 4. The Hall–Kier alpha value is -2.66. The van der Waals surface area contributed by atoms with Gasteiger partial charge in [-0.15, -0.1) is 0 Å². The number of hydrogen-bond donors (Lipinski definition) is 0. The first-order valence-corrected chi connectivity index (χ1v) is 11.0. The van der Waals surface area contributed by atoms with E-state index in [9.17, 15) is 9.59 Å². The number of carbonyl (C=O) groups excluding carboxylic acids is 2. The Balaban J connectivity index is 1.25. The molecule has 3 fully saturated rings. The van der Waals surface area contributed by atoms with Gasteiger partial charge in [-0.25, -0.2) is 0 Å². The molecular weight excluding hydrogens is 378 g/mol. The molecule has 2 aromatic carbocycles. The third kappa shape index (κ3) is 3.12. The summed E-state index contributed by atoms with van der Waals surface area (Å²) in [7, 11) is 0. The van der Waals surface area contributed by atoms with Crippen molar-refractivity contribution in [3.63, 3.8) is 0 Å². The summed E-state index contributed by atoms with van der Waals surface area (Å²) in [6, 6.07) is 10.1. The maximum absolute atomic E-state index is 12.5. The van der Waals surface area contributed by atoms with Crippen LogP contribution in [-0.2, 0) is 9.59 Å². The second-order valence-electron chi connectivity index (χ2n) is 9.15. The van der Waals surface area contributed by atoms with Crippen LogP contribution in [0.5, 0.6) is 5.75 Å². The fraction of sp³-hybridized carbons (Fsp3) is 0.440. The van der Waals surface area contributed by atoms with E-state index in [0.29, 0.717) is 19.4 Å². The normalized spacial score (nSPS) is 26.5. The first-order chi connectivity index (χ1) is 14.7. The monoisotopic (exact) mass is 403 g/mol. The van der Waals surface area contributed by atoms with Gasteiger partial charge in [-0.1, -0.05) is 6.07 Å². The van der Waals surface area contributed by atoms with Gasteiger partial charge in [0.2, 0.25) is 0 Å². The first-order valence-electron chi connectivity index (χ1n) is 11.0. The van der Waals surface area contributed by atoms with Crippen LogP contribution in [0.15, 0.2) is 41.0 Å². The van der Waals surface area contributed by atoms with Crippen LogP contribution in [-0.4, -0.2) is 42.7 Å². The second kappa shape index (κ2) is 6.95. The predicted octanol–water partition coefficient (Wildman–Crippen LogP) is 4.32. The van der Waals surface area contributed by atoms with E-state index in [1.807, 2.05) is 18.2 Å². The van der Waals surface area contributed by atoms with Gasteiger partial charge < -0.3 is 9.15 Å². The average molecular weight is 403 g/mol. The number of furan rings is 1. The first kappa shape index (κ1) is 18.1. The molecule has 2 saturated carbocycles. The Labute approximate surface area is 175 Å². The molecule has 3 aromatic rings. The number of benzene rings is 2. The van der Waals surface area contributed by atoms with Crippen LogP contribution in [0, 0.1) is 11.8 Å². The Bertz CT molecular complexity index is 1150. The Kier molecular flexibility index (Phi) is 4.20. The smallest absolute Gasteiger partial charge is 0.147 e. The van der Waals surface area contributed by atoms with Crippen LogP contribution in [0.25, 0.3) is 21.7 Å². The molecule has 0 N–H and O–H groups in total. The van der Waals surface area contributed by atoms with E-state index in [2.05, 4.69) is 17.0 Å². The highest BCUT2D eigenvalue weighted by Crippen LogP contribution is 2.44. The molecule has 30 heavy (non-hydrogen) atoms. The largest absolute Gasteiger partial charge is 0.492 e. The van der Waals surface area contributed by atoms with Gasteiger partial charge in [-0.2, -0.15) is 0 Å². The van der Waals surface area contributed by atoms with E-state index < -0.39 is 0 Å². The molecule has 2 unspecified atom stereocenters. The molecule has 5 heteroatoms. The van der Waals surface area contributed by atoms with Crippen molar-refractivity contribution in [2.24, 2.45) is 11.8 Å². The van der Waals surface area contributed by atoms with Gasteiger partial charge in [0.15, 0.2) is 0 Å². The quantitative estimate of drug-likeness (QED) is 0.594. The summed E-state index contributed by atoms with van der Waals surface area (Å²) in [5.41, 5.74) is 1.69. The van der Waals surface area contributed by atoms with E-state index in [4.69, 9.17) is 9.15 Å². The molecule has 0 spiro atoms. The SMILES string of the molecule is O=C1CC[C@H](c2coc3ccc4cc(OCCN5CC6CC6C5)ccc4c23)C(=O)C1. The van der Waals surface area contributed by atoms with Crippen molar-refractivity contribution in [2.45, 2.75) is 31.6 Å². The average Bonchev–Trinajstić information content (AvgIpc) is 3.14. The lowest BCUT2D eigenvalue weighted by Gasteiger charge is -2.19. The predicted molar refractivity (Wildman–Crippen MR) is 114 cm³/mol. The van der Waals surface area contributed by atoms with Gasteiger partial charge in [-0.3, -0.25) is 14.5 Å². The summed E-state index contributed by atoms with van der Waals surface area (Å²) >= 11 is 0. The number of carbonyl (C=O) groups is 2. The summed E-state index contributed by atoms with van der Waals surface area (Å²) in [5, 5.41) is 3.13. The van der Waals surface area contributed by atoms with Gasteiger partial charge >= 0.3 is 0 Å². The summed E-state index contributed by atoms with van der Waals surface area (Å²) in [5.74, 6) is 2.57. The number of nitrogens with zero attached hydrogens (tertiary/aromatic N) is 1. The third-order valence-corrected chi connectivity index (χ3v) is 7.13. The summed E-state index contributed by atoms with van der Waals surface area (Å²) < 4.78 is 11.8. The van der Waals surface area contributed by atoms with Crippen LogP contribution in [0.2, 0.25) is 0 Å². The van der Waals surface area contributed by atoms with Crippen molar-refractivity contribution in [2.75, 3.05) is 26.2 Å². The molecule has 2 aliphatic carbocycles. The Morgan fingerprint density at radius 1 is 1.10 bits per heavy atom. The number of rotatable bonds is 5. The lowest BCUT2D eigenvalue weighted by atomic mass is 9.81. The van der Waals surface area contributed by atoms with E-state index in [1.54, 1.807) is 6.26 Å². The van der Waals surface area contributed by atoms with E-state index in [1.165, 1.54) is 19.5 Å². The standard InChI is InChI=1S/C25H25NO4/c27-18-2-4-21(23(28)11-18)22-14-30-24-6-1-15-10-19(3-5-20(15)25(22)24)29-8-7-26-12-16-9-17(16)13-26/h1,3,5-6,10,14,16-17,21H,2,4,7-9,11-13H2/t16?,17?,21-/m1/s1. The van der Waals surface area contributed by atoms with Gasteiger partial charge in [0, 0.05) is 42.9 Å². The number of ether oxygens (including phenoxy) is 1. The number of piperidine rings is 1. The van der Waals surface area contributed by atoms with Crippen LogP contribution in [0.4, 0.5) is 0 Å². The molecule has 1 saturated heterocycles. The zero-order valence-corrected chi connectivity index (χ0v) is 16.9. The number of hydrogen-bond acceptors (Lipinski definition) is 5. The van der Waals surface area contributed by atoms with Crippen molar-refractivity contribution in [3.05, 3.63) is 42.2 Å². The molecule has 1 aromatic heterocycles. The zero-order valence-electron chi connectivity index (χ0n) is 16.9. The van der Waals surface area contributed by atoms with Gasteiger partial charge in [-0.05, 0) is 59.7 Å². The molecule has 6 rings (SSSR count). The van der Waals surface area contributed by atoms with Crippen LogP contribution in [0.1, 0.15) is 37.2 Å². The van der Waals surface area contributed by atoms with E-state index >= 15 is 0 Å². The molecule has 0 radical (unpaired) electrons. The van der Waals surface area contributed by atoms with Crippen LogP contribution in [0.3, 0.4) is 0 Å². The highest BCUT2D eigenvalue weighted by atomic mass is 16.5. The summed E-state index contributed by atoms with van der Waals surface area (Å²) in [4.78, 5) is 26.6. The fourth-order valence-electron chi connectivity index (χ4n) is 5.39. The minimum Gasteiger partial charge on any atom is -0.492 e. The Morgan fingerprint density at radius 2 is 1.97 bits per heavy atom. The lowest BCUT2D eigenvalue weighted by molar-refractivity contribution is -0.130. The van der Waals surface area contributed by atoms with Crippen molar-refractivity contribution in [1.82, 2.24) is 4.90 Å². The fourth-order valence-corrected chi connectivity index (χ4v) is 5.39. The zero-order chi connectivity index (χ0) is 20.2. The van der Waals surface area contributed by atoms with Crippen LogP contribution >= 0.6 is 0 Å². The van der Waals surface area contributed by atoms with E-state index in [-0.39, 0.29) is 23.9 Å². The number of ketones is 2. The molecule has 3 aliphatic rings. The molecule has 1 aliphatic heterocycles. The van der Waals surface area contributed by atoms with Gasteiger partial charge in [0.05, 0.1) is 12.7 Å². The maximum Gasteiger partial charge on any atom is 0.147 e. The van der Waals surface area contributed by atoms with Crippen molar-refractivity contribution >= 4 is 33.3 Å². The molecule has 0 bridgehead atoms. The highest BCUT2D eigenvalue weighted by molar-refractivity contribution is 6.11. The summed E-state index contributed by atoms with van der Waals surface area (Å²) in [6.07, 6.45) is 4.20. The Morgan fingerprint density at radius 3 is 2.80 bits per heavy atom. The molecular formula is C25H25NO4. The molecule has 154 valence electrons. The highest BCUT2D eigenvalue weighted by Gasteiger charge is 2.44. The molecule has 5 nitrogen and oxygen atoms in total. The van der Waals surface area contributed by atoms with Gasteiger partial charge in [0.1, 0.15) is 29.5 Å². The van der Waals surface area contributed by atoms with Crippen molar-refractivity contribution < 1.29 is 18.7 Å². The minimum absolute atomic E-state index is 0.00505. The number of likely N-dealkylation sites (tertiary alicyclic amines) is 1. The summed E-state index contributed by atoms with van der Waals surface area (Å²) in [6.45, 7) is 4.16. The minimum atomic E-state index is -0.253. The molecule has 0 amide bonds. The van der Waals surface area contributed by atoms with E-state index in [0.717, 1.165) is 51.4 Å². The van der Waals surface area contributed by atoms with Crippen molar-refractivity contribution in [3.8, 4) is 5.75 Å². The second-order valence-corrected chi connectivity index (χ2v) is 9.15. The molecule has 2 heterocycles.